The minimum absolute atomic E-state index is 1.12. The summed E-state index contributed by atoms with van der Waals surface area (Å²) in [7, 11) is 0. The van der Waals surface area contributed by atoms with Crippen molar-refractivity contribution in [2.45, 2.75) is 84.3 Å². The van der Waals surface area contributed by atoms with Crippen LogP contribution in [0.25, 0.3) is 0 Å². The molecule has 45 heavy (non-hydrogen) atoms. The van der Waals surface area contributed by atoms with Gasteiger partial charge in [-0.2, -0.15) is 114 Å². The summed E-state index contributed by atoms with van der Waals surface area (Å²) >= 11 is 0. The average Bonchev–Trinajstić information content (AvgIpc) is 2.73. The summed E-state index contributed by atoms with van der Waals surface area (Å²) in [5.74, 6) is -53.4. The van der Waals surface area contributed by atoms with Crippen molar-refractivity contribution in [2.24, 2.45) is 0 Å². The SMILES string of the molecule is FC1(F)OC(F)(F)C(F)(F)OC(F)(F)C(F)(F)O[C@]2(F)C(F)(F)C(F)(F)C(F)(F)C(F)(F)[C@]2(F)OC(F)(F)C(F)(F)OC1(F)F. The Bertz CT molecular complexity index is 1080. The molecule has 2 aliphatic rings. The van der Waals surface area contributed by atoms with Crippen molar-refractivity contribution in [1.29, 1.82) is 0 Å². The minimum Gasteiger partial charge on any atom is -0.265 e. The maximum atomic E-state index is 14.9. The monoisotopic (exact) mass is 742 g/mol. The van der Waals surface area contributed by atoms with Crippen LogP contribution < -0.4 is 0 Å². The third-order valence-electron chi connectivity index (χ3n) is 5.07. The second kappa shape index (κ2) is 9.32. The summed E-state index contributed by atoms with van der Waals surface area (Å²) < 4.78 is 363. The number of fused-ring (bicyclic) bond motifs is 1. The van der Waals surface area contributed by atoms with Crippen LogP contribution in [-0.4, -0.2) is 84.3 Å². The fourth-order valence-corrected chi connectivity index (χ4v) is 2.77. The Morgan fingerprint density at radius 1 is 0.178 bits per heavy atom. The fourth-order valence-electron chi connectivity index (χ4n) is 2.77. The molecule has 0 unspecified atom stereocenters. The third kappa shape index (κ3) is 4.82. The summed E-state index contributed by atoms with van der Waals surface area (Å²) in [6, 6.07) is 0. The van der Waals surface area contributed by atoms with E-state index in [2.05, 4.69) is 0 Å². The normalized spacial score (nSPS) is 38.5. The van der Waals surface area contributed by atoms with Gasteiger partial charge in [-0.25, -0.2) is 14.2 Å². The molecule has 0 bridgehead atoms. The lowest BCUT2D eigenvalue weighted by molar-refractivity contribution is -0.611. The Morgan fingerprint density at radius 3 is 0.467 bits per heavy atom. The molecule has 2 fully saturated rings. The Balaban J connectivity index is 3.16. The van der Waals surface area contributed by atoms with Crippen molar-refractivity contribution in [3.05, 3.63) is 0 Å². The van der Waals surface area contributed by atoms with E-state index in [9.17, 15) is 114 Å². The Kier molecular flexibility index (Phi) is 8.11. The van der Waals surface area contributed by atoms with Gasteiger partial charge in [0.1, 0.15) is 0 Å². The summed E-state index contributed by atoms with van der Waals surface area (Å²) in [5.41, 5.74) is 0. The first-order valence-corrected chi connectivity index (χ1v) is 9.45. The molecule has 1 heterocycles. The quantitative estimate of drug-likeness (QED) is 0.238. The molecular formula is C14F26O5. The van der Waals surface area contributed by atoms with E-state index >= 15 is 0 Å². The van der Waals surface area contributed by atoms with Crippen LogP contribution in [0.5, 0.6) is 0 Å². The van der Waals surface area contributed by atoms with Gasteiger partial charge in [-0.15, -0.1) is 0 Å². The molecule has 5 nitrogen and oxygen atoms in total. The van der Waals surface area contributed by atoms with E-state index in [0.29, 0.717) is 0 Å². The molecule has 0 amide bonds. The second-order valence-corrected chi connectivity index (χ2v) is 8.13. The number of rotatable bonds is 0. The van der Waals surface area contributed by atoms with Crippen molar-refractivity contribution in [1.82, 2.24) is 0 Å². The van der Waals surface area contributed by atoms with E-state index < -0.39 is 84.3 Å². The Hall–Kier alpha value is -2.02. The lowest BCUT2D eigenvalue weighted by Crippen LogP contribution is -2.87. The van der Waals surface area contributed by atoms with E-state index in [0.717, 1.165) is 18.9 Å². The molecule has 1 saturated heterocycles. The predicted molar refractivity (Wildman–Crippen MR) is 72.5 cm³/mol. The summed E-state index contributed by atoms with van der Waals surface area (Å²) in [6.07, 6.45) is -67.0. The van der Waals surface area contributed by atoms with Crippen LogP contribution in [0.2, 0.25) is 0 Å². The van der Waals surface area contributed by atoms with Crippen LogP contribution in [0.4, 0.5) is 114 Å². The predicted octanol–water partition coefficient (Wildman–Crippen LogP) is 7.71. The van der Waals surface area contributed by atoms with Gasteiger partial charge in [-0.3, -0.25) is 9.47 Å². The number of halogens is 26. The molecule has 1 aliphatic carbocycles. The summed E-state index contributed by atoms with van der Waals surface area (Å²) in [4.78, 5) is 0. The molecule has 31 heteroatoms. The topological polar surface area (TPSA) is 46.2 Å². The zero-order chi connectivity index (χ0) is 36.5. The van der Waals surface area contributed by atoms with Crippen LogP contribution in [0.3, 0.4) is 0 Å². The average molecular weight is 742 g/mol. The molecule has 2 atom stereocenters. The molecule has 2 rings (SSSR count). The van der Waals surface area contributed by atoms with Crippen LogP contribution >= 0.6 is 0 Å². The highest BCUT2D eigenvalue weighted by atomic mass is 19.4. The second-order valence-electron chi connectivity index (χ2n) is 8.13. The molecule has 1 aliphatic heterocycles. The smallest absolute Gasteiger partial charge is 0.265 e. The molecule has 0 aromatic rings. The molecule has 1 saturated carbocycles. The van der Waals surface area contributed by atoms with Crippen LogP contribution in [0.15, 0.2) is 0 Å². The van der Waals surface area contributed by atoms with Gasteiger partial charge in [-0.1, -0.05) is 0 Å². The molecule has 0 aromatic heterocycles. The molecular weight excluding hydrogens is 742 g/mol. The minimum atomic E-state index is -9.08. The zero-order valence-electron chi connectivity index (χ0n) is 18.9. The third-order valence-corrected chi connectivity index (χ3v) is 5.07. The van der Waals surface area contributed by atoms with Crippen molar-refractivity contribution >= 4 is 0 Å². The first-order chi connectivity index (χ1) is 19.0. The number of alkyl halides is 26. The summed E-state index contributed by atoms with van der Waals surface area (Å²) in [5, 5.41) is 0. The van der Waals surface area contributed by atoms with Crippen LogP contribution in [0, 0.1) is 0 Å². The number of hydrogen-bond donors (Lipinski definition) is 0. The first kappa shape index (κ1) is 39.2. The van der Waals surface area contributed by atoms with Crippen molar-refractivity contribution in [3.63, 3.8) is 0 Å². The first-order valence-electron chi connectivity index (χ1n) is 9.45. The largest absolute Gasteiger partial charge is 0.453 e. The van der Waals surface area contributed by atoms with Crippen LogP contribution in [-0.2, 0) is 23.7 Å². The van der Waals surface area contributed by atoms with Crippen LogP contribution in [0.1, 0.15) is 0 Å². The van der Waals surface area contributed by atoms with Gasteiger partial charge in [0.05, 0.1) is 0 Å². The van der Waals surface area contributed by atoms with E-state index in [1.165, 1.54) is 4.74 Å². The molecule has 0 spiro atoms. The van der Waals surface area contributed by atoms with Gasteiger partial charge < -0.3 is 0 Å². The Morgan fingerprint density at radius 2 is 0.311 bits per heavy atom. The maximum absolute atomic E-state index is 14.9. The lowest BCUT2D eigenvalue weighted by atomic mass is 9.77. The molecule has 268 valence electrons. The summed E-state index contributed by atoms with van der Waals surface area (Å²) in [6.45, 7) is 0. The molecule has 0 N–H and O–H groups in total. The van der Waals surface area contributed by atoms with Gasteiger partial charge in [0.2, 0.25) is 0 Å². The van der Waals surface area contributed by atoms with Crippen molar-refractivity contribution in [3.8, 4) is 0 Å². The van der Waals surface area contributed by atoms with Gasteiger partial charge in [0.25, 0.3) is 0 Å². The van der Waals surface area contributed by atoms with E-state index in [1.54, 1.807) is 0 Å². The maximum Gasteiger partial charge on any atom is 0.453 e. The van der Waals surface area contributed by atoms with Gasteiger partial charge >= 0.3 is 84.3 Å². The van der Waals surface area contributed by atoms with Gasteiger partial charge in [-0.05, 0) is 0 Å². The van der Waals surface area contributed by atoms with Crippen molar-refractivity contribution < 1.29 is 138 Å². The Labute approximate surface area is 223 Å². The standard InChI is InChI=1S/C14F26O5/c15-1(16)2(17,18)4(21,22)6(24)5(23,3(1,19)20)41-7(25,26)9(29,30)43-11(33,34)13(37,38)45-14(39,40)12(35,36)44-10(31,32)8(27,28)42-6/t5-,6+. The molecule has 0 radical (unpaired) electrons. The number of hydrogen-bond acceptors (Lipinski definition) is 5. The van der Waals surface area contributed by atoms with E-state index in [4.69, 9.17) is 0 Å². The molecule has 0 aromatic carbocycles. The number of ether oxygens (including phenoxy) is 5. The fraction of sp³-hybridized carbons (Fsp3) is 1.00. The van der Waals surface area contributed by atoms with E-state index in [1.807, 2.05) is 0 Å². The highest BCUT2D eigenvalue weighted by Gasteiger charge is 3.04. The van der Waals surface area contributed by atoms with Gasteiger partial charge in [0.15, 0.2) is 0 Å². The highest BCUT2D eigenvalue weighted by Crippen LogP contribution is 2.72. The highest BCUT2D eigenvalue weighted by molar-refractivity contribution is 5.24. The van der Waals surface area contributed by atoms with E-state index in [-0.39, 0.29) is 0 Å². The zero-order valence-corrected chi connectivity index (χ0v) is 18.9. The van der Waals surface area contributed by atoms with Crippen molar-refractivity contribution in [2.75, 3.05) is 0 Å². The lowest BCUT2D eigenvalue weighted by Gasteiger charge is -2.55. The van der Waals surface area contributed by atoms with Gasteiger partial charge in [0, 0.05) is 0 Å².